The van der Waals surface area contributed by atoms with Gasteiger partial charge in [0.15, 0.2) is 0 Å². The average molecular weight is 195 g/mol. The summed E-state index contributed by atoms with van der Waals surface area (Å²) < 4.78 is 0. The quantitative estimate of drug-likeness (QED) is 0.748. The number of hydrogen-bond donors (Lipinski definition) is 1. The fourth-order valence-corrected chi connectivity index (χ4v) is 1.01. The Labute approximate surface area is 87.0 Å². The Morgan fingerprint density at radius 3 is 2.00 bits per heavy atom. The summed E-state index contributed by atoms with van der Waals surface area (Å²) in [5, 5.41) is 3.03. The largest absolute Gasteiger partial charge is 0.373 e. The molecule has 0 unspecified atom stereocenters. The number of aryl methyl sites for hydroxylation is 2. The molecule has 0 bridgehead atoms. The summed E-state index contributed by atoms with van der Waals surface area (Å²) in [6.45, 7) is 10.2. The van der Waals surface area contributed by atoms with Gasteiger partial charge in [0.1, 0.15) is 11.6 Å². The van der Waals surface area contributed by atoms with Crippen LogP contribution in [0.1, 0.15) is 37.4 Å². The van der Waals surface area contributed by atoms with E-state index in [1.807, 2.05) is 27.8 Å². The van der Waals surface area contributed by atoms with E-state index in [4.69, 9.17) is 0 Å². The molecule has 0 spiro atoms. The van der Waals surface area contributed by atoms with Crippen LogP contribution in [0.25, 0.3) is 0 Å². The van der Waals surface area contributed by atoms with Gasteiger partial charge in [-0.2, -0.15) is 0 Å². The van der Waals surface area contributed by atoms with Crippen molar-refractivity contribution in [3.05, 3.63) is 17.1 Å². The smallest absolute Gasteiger partial charge is 0.132 e. The molecule has 1 aromatic heterocycles. The third-order valence-electron chi connectivity index (χ3n) is 1.74. The van der Waals surface area contributed by atoms with Crippen LogP contribution in [0.15, 0.2) is 0 Å². The average Bonchev–Trinajstić information content (AvgIpc) is 2.12. The number of nitrogens with one attached hydrogen (secondary N) is 1. The van der Waals surface area contributed by atoms with Crippen LogP contribution >= 0.6 is 0 Å². The van der Waals surface area contributed by atoms with Gasteiger partial charge >= 0.3 is 0 Å². The van der Waals surface area contributed by atoms with Crippen molar-refractivity contribution in [1.82, 2.24) is 9.97 Å². The minimum Gasteiger partial charge on any atom is -0.373 e. The van der Waals surface area contributed by atoms with Crippen molar-refractivity contribution < 1.29 is 0 Å². The first-order valence-corrected chi connectivity index (χ1v) is 5.06. The van der Waals surface area contributed by atoms with Gasteiger partial charge < -0.3 is 5.32 Å². The van der Waals surface area contributed by atoms with Gasteiger partial charge in [0.05, 0.1) is 0 Å². The highest BCUT2D eigenvalue weighted by Crippen LogP contribution is 2.12. The van der Waals surface area contributed by atoms with Crippen molar-refractivity contribution in [2.24, 2.45) is 0 Å². The van der Waals surface area contributed by atoms with Crippen LogP contribution in [0, 0.1) is 20.8 Å². The molecular weight excluding hydrogens is 174 g/mol. The van der Waals surface area contributed by atoms with E-state index in [0.29, 0.717) is 0 Å². The lowest BCUT2D eigenvalue weighted by Crippen LogP contribution is -2.02. The van der Waals surface area contributed by atoms with E-state index in [-0.39, 0.29) is 0 Å². The number of rotatable bonds is 1. The second-order valence-corrected chi connectivity index (χ2v) is 3.29. The Bertz CT molecular complexity index is 282. The van der Waals surface area contributed by atoms with Gasteiger partial charge in [0.2, 0.25) is 0 Å². The number of aromatic nitrogens is 2. The van der Waals surface area contributed by atoms with E-state index in [1.165, 1.54) is 6.42 Å². The molecule has 1 heterocycles. The molecule has 0 aliphatic heterocycles. The van der Waals surface area contributed by atoms with Crippen LogP contribution < -0.4 is 5.32 Å². The molecule has 0 amide bonds. The van der Waals surface area contributed by atoms with Crippen LogP contribution in [0.4, 0.5) is 5.82 Å². The highest BCUT2D eigenvalue weighted by molar-refractivity contribution is 5.44. The summed E-state index contributed by atoms with van der Waals surface area (Å²) in [7, 11) is 1.87. The van der Waals surface area contributed by atoms with Crippen molar-refractivity contribution in [3.8, 4) is 0 Å². The zero-order valence-electron chi connectivity index (χ0n) is 10.1. The van der Waals surface area contributed by atoms with Gasteiger partial charge in [-0.05, 0) is 20.8 Å². The first kappa shape index (κ1) is 12.9. The third-order valence-corrected chi connectivity index (χ3v) is 1.74. The molecule has 3 heteroatoms. The van der Waals surface area contributed by atoms with Crippen molar-refractivity contribution in [2.45, 2.75) is 41.0 Å². The van der Waals surface area contributed by atoms with Crippen LogP contribution in [-0.4, -0.2) is 17.0 Å². The molecule has 0 aliphatic carbocycles. The first-order chi connectivity index (χ1) is 6.56. The van der Waals surface area contributed by atoms with Crippen molar-refractivity contribution in [3.63, 3.8) is 0 Å². The van der Waals surface area contributed by atoms with Crippen LogP contribution in [0.3, 0.4) is 0 Å². The van der Waals surface area contributed by atoms with Gasteiger partial charge in [0.25, 0.3) is 0 Å². The molecule has 1 rings (SSSR count). The lowest BCUT2D eigenvalue weighted by atomic mass is 10.2. The van der Waals surface area contributed by atoms with E-state index in [0.717, 1.165) is 22.9 Å². The molecule has 0 aliphatic rings. The highest BCUT2D eigenvalue weighted by atomic mass is 15.0. The van der Waals surface area contributed by atoms with Crippen LogP contribution in [0.2, 0.25) is 0 Å². The second-order valence-electron chi connectivity index (χ2n) is 3.29. The van der Waals surface area contributed by atoms with Gasteiger partial charge in [-0.25, -0.2) is 9.97 Å². The summed E-state index contributed by atoms with van der Waals surface area (Å²) in [4.78, 5) is 8.46. The zero-order valence-corrected chi connectivity index (χ0v) is 10.1. The standard InChI is InChI=1S/C8H13N3.C3H8/c1-5-6(2)10-7(3)11-8(5)9-4;1-3-2/h1-4H3,(H,9,10,11);3H2,1-2H3. The maximum atomic E-state index is 4.23. The SMILES string of the molecule is CCC.CNc1nc(C)nc(C)c1C. The predicted molar refractivity (Wildman–Crippen MR) is 61.8 cm³/mol. The first-order valence-electron chi connectivity index (χ1n) is 5.06. The lowest BCUT2D eigenvalue weighted by Gasteiger charge is -2.06. The molecular formula is C11H21N3. The van der Waals surface area contributed by atoms with Gasteiger partial charge in [0, 0.05) is 18.3 Å². The predicted octanol–water partition coefficient (Wildman–Crippen LogP) is 2.86. The summed E-state index contributed by atoms with van der Waals surface area (Å²) in [6, 6.07) is 0. The molecule has 1 aromatic rings. The van der Waals surface area contributed by atoms with Crippen molar-refractivity contribution in [2.75, 3.05) is 12.4 Å². The van der Waals surface area contributed by atoms with E-state index in [1.54, 1.807) is 0 Å². The topological polar surface area (TPSA) is 37.8 Å². The molecule has 80 valence electrons. The van der Waals surface area contributed by atoms with Gasteiger partial charge in [-0.1, -0.05) is 20.3 Å². The molecule has 14 heavy (non-hydrogen) atoms. The summed E-state index contributed by atoms with van der Waals surface area (Å²) in [5.74, 6) is 1.74. The van der Waals surface area contributed by atoms with E-state index in [9.17, 15) is 0 Å². The molecule has 3 nitrogen and oxygen atoms in total. The van der Waals surface area contributed by atoms with Gasteiger partial charge in [-0.3, -0.25) is 0 Å². The number of anilines is 1. The Morgan fingerprint density at radius 1 is 1.07 bits per heavy atom. The van der Waals surface area contributed by atoms with E-state index >= 15 is 0 Å². The molecule has 0 aromatic carbocycles. The molecule has 0 saturated heterocycles. The number of hydrogen-bond acceptors (Lipinski definition) is 3. The zero-order chi connectivity index (χ0) is 11.1. The monoisotopic (exact) mass is 195 g/mol. The van der Waals surface area contributed by atoms with Crippen LogP contribution in [0.5, 0.6) is 0 Å². The minimum absolute atomic E-state index is 0.817. The Kier molecular flexibility index (Phi) is 5.84. The fraction of sp³-hybridized carbons (Fsp3) is 0.636. The van der Waals surface area contributed by atoms with Crippen molar-refractivity contribution >= 4 is 5.82 Å². The molecule has 0 radical (unpaired) electrons. The van der Waals surface area contributed by atoms with E-state index in [2.05, 4.69) is 29.1 Å². The normalized spacial score (nSPS) is 9.00. The summed E-state index contributed by atoms with van der Waals surface area (Å²) in [6.07, 6.45) is 1.25. The number of nitrogens with zero attached hydrogens (tertiary/aromatic N) is 2. The molecule has 0 atom stereocenters. The lowest BCUT2D eigenvalue weighted by molar-refractivity contribution is 0.987. The Balaban J connectivity index is 0.000000500. The Morgan fingerprint density at radius 2 is 1.57 bits per heavy atom. The molecule has 0 fully saturated rings. The highest BCUT2D eigenvalue weighted by Gasteiger charge is 2.02. The molecule has 1 N–H and O–H groups in total. The van der Waals surface area contributed by atoms with Crippen LogP contribution in [-0.2, 0) is 0 Å². The van der Waals surface area contributed by atoms with Gasteiger partial charge in [-0.15, -0.1) is 0 Å². The second kappa shape index (κ2) is 6.35. The van der Waals surface area contributed by atoms with E-state index < -0.39 is 0 Å². The molecule has 0 saturated carbocycles. The minimum atomic E-state index is 0.817. The maximum Gasteiger partial charge on any atom is 0.132 e. The third kappa shape index (κ3) is 3.73. The van der Waals surface area contributed by atoms with Crippen molar-refractivity contribution in [1.29, 1.82) is 0 Å². The Hall–Kier alpha value is -1.12. The maximum absolute atomic E-state index is 4.23. The fourth-order valence-electron chi connectivity index (χ4n) is 1.01. The summed E-state index contributed by atoms with van der Waals surface area (Å²) >= 11 is 0. The summed E-state index contributed by atoms with van der Waals surface area (Å²) in [5.41, 5.74) is 2.17.